The highest BCUT2D eigenvalue weighted by molar-refractivity contribution is 7.99. The quantitative estimate of drug-likeness (QED) is 0.408. The molecule has 2 aromatic carbocycles. The molecule has 0 aliphatic carbocycles. The minimum absolute atomic E-state index is 0.00922. The molecule has 1 amide bonds. The van der Waals surface area contributed by atoms with Gasteiger partial charge >= 0.3 is 0 Å². The van der Waals surface area contributed by atoms with Gasteiger partial charge in [-0.25, -0.2) is 8.42 Å². The number of hydrogen-bond donors (Lipinski definition) is 1. The second-order valence-corrected chi connectivity index (χ2v) is 8.72. The predicted molar refractivity (Wildman–Crippen MR) is 103 cm³/mol. The molecule has 0 saturated heterocycles. The first-order valence-electron chi connectivity index (χ1n) is 7.64. The number of carbonyl (C=O) groups excluding carboxylic acids is 1. The average Bonchev–Trinajstić information content (AvgIpc) is 2.65. The van der Waals surface area contributed by atoms with Crippen LogP contribution in [0.3, 0.4) is 0 Å². The largest absolute Gasteiger partial charge is 0.351 e. The average molecular weight is 415 g/mol. The lowest BCUT2D eigenvalue weighted by Crippen LogP contribution is -2.27. The van der Waals surface area contributed by atoms with Gasteiger partial charge in [0.05, 0.1) is 12.0 Å². The number of thioether (sulfide) groups is 1. The van der Waals surface area contributed by atoms with Crippen molar-refractivity contribution in [3.63, 3.8) is 0 Å². The monoisotopic (exact) mass is 414 g/mol. The summed E-state index contributed by atoms with van der Waals surface area (Å²) in [6.07, 6.45) is 0. The maximum atomic E-state index is 12.2. The fourth-order valence-electron chi connectivity index (χ4n) is 2.01. The number of sulfonamides is 1. The molecule has 2 rings (SSSR count). The second-order valence-electron chi connectivity index (χ2n) is 5.18. The van der Waals surface area contributed by atoms with Gasteiger partial charge in [-0.05, 0) is 42.5 Å². The molecule has 0 aliphatic rings. The van der Waals surface area contributed by atoms with Crippen LogP contribution in [0.25, 0.3) is 0 Å². The van der Waals surface area contributed by atoms with Gasteiger partial charge in [0, 0.05) is 34.8 Å². The predicted octanol–water partition coefficient (Wildman–Crippen LogP) is 3.04. The van der Waals surface area contributed by atoms with Crippen LogP contribution in [0.4, 0.5) is 0 Å². The van der Waals surface area contributed by atoms with E-state index in [1.165, 1.54) is 32.4 Å². The third-order valence-corrected chi connectivity index (χ3v) is 6.40. The summed E-state index contributed by atoms with van der Waals surface area (Å²) in [4.78, 5) is 18.0. The van der Waals surface area contributed by atoms with E-state index in [1.54, 1.807) is 17.8 Å². The van der Waals surface area contributed by atoms with Crippen LogP contribution in [-0.2, 0) is 14.9 Å². The highest BCUT2D eigenvalue weighted by Crippen LogP contribution is 2.20. The summed E-state index contributed by atoms with van der Waals surface area (Å²) in [6.45, 7) is 0.446. The number of hydrogen-bond acceptors (Lipinski definition) is 5. The van der Waals surface area contributed by atoms with E-state index in [0.29, 0.717) is 17.3 Å². The summed E-state index contributed by atoms with van der Waals surface area (Å²) in [7, 11) is -1.25. The third kappa shape index (κ3) is 5.46. The Morgan fingerprint density at radius 2 is 1.92 bits per heavy atom. The van der Waals surface area contributed by atoms with Gasteiger partial charge in [0.25, 0.3) is 15.9 Å². The fraction of sp³-hybridized carbons (Fsp3) is 0.235. The van der Waals surface area contributed by atoms with E-state index in [0.717, 1.165) is 9.36 Å². The topological polar surface area (TPSA) is 75.7 Å². The van der Waals surface area contributed by atoms with E-state index in [2.05, 4.69) is 5.32 Å². The van der Waals surface area contributed by atoms with Crippen LogP contribution >= 0.6 is 23.4 Å². The lowest BCUT2D eigenvalue weighted by Gasteiger charge is -2.14. The van der Waals surface area contributed by atoms with Crippen LogP contribution in [0.1, 0.15) is 10.4 Å². The van der Waals surface area contributed by atoms with Gasteiger partial charge < -0.3 is 5.32 Å². The minimum atomic E-state index is -3.79. The van der Waals surface area contributed by atoms with Crippen LogP contribution in [0.5, 0.6) is 0 Å². The van der Waals surface area contributed by atoms with E-state index >= 15 is 0 Å². The Hall–Kier alpha value is -1.58. The van der Waals surface area contributed by atoms with Gasteiger partial charge in [-0.3, -0.25) is 9.63 Å². The van der Waals surface area contributed by atoms with Crippen molar-refractivity contribution >= 4 is 39.3 Å². The van der Waals surface area contributed by atoms with Gasteiger partial charge in [0.1, 0.15) is 0 Å². The van der Waals surface area contributed by atoms with Crippen molar-refractivity contribution < 1.29 is 18.0 Å². The van der Waals surface area contributed by atoms with Gasteiger partial charge in [-0.1, -0.05) is 22.1 Å². The van der Waals surface area contributed by atoms with E-state index in [4.69, 9.17) is 16.4 Å². The van der Waals surface area contributed by atoms with Crippen LogP contribution in [-0.4, -0.2) is 45.2 Å². The number of rotatable bonds is 8. The molecular formula is C17H19ClN2O4S2. The number of benzene rings is 2. The Morgan fingerprint density at radius 3 is 2.58 bits per heavy atom. The molecule has 9 heteroatoms. The molecule has 26 heavy (non-hydrogen) atoms. The Morgan fingerprint density at radius 1 is 1.23 bits per heavy atom. The number of nitrogens with one attached hydrogen (secondary N) is 1. The van der Waals surface area contributed by atoms with Crippen LogP contribution in [0.15, 0.2) is 58.3 Å². The van der Waals surface area contributed by atoms with E-state index in [9.17, 15) is 13.2 Å². The maximum Gasteiger partial charge on any atom is 0.264 e. The first-order valence-corrected chi connectivity index (χ1v) is 10.4. The smallest absolute Gasteiger partial charge is 0.264 e. The highest BCUT2D eigenvalue weighted by Gasteiger charge is 2.21. The zero-order valence-electron chi connectivity index (χ0n) is 14.3. The molecule has 0 aromatic heterocycles. The van der Waals surface area contributed by atoms with Crippen molar-refractivity contribution in [3.05, 3.63) is 59.1 Å². The number of nitrogens with zero attached hydrogens (tertiary/aromatic N) is 1. The molecular weight excluding hydrogens is 396 g/mol. The summed E-state index contributed by atoms with van der Waals surface area (Å²) in [5, 5.41) is 3.45. The Balaban J connectivity index is 1.93. The van der Waals surface area contributed by atoms with E-state index < -0.39 is 10.0 Å². The molecule has 140 valence electrons. The van der Waals surface area contributed by atoms with Crippen LogP contribution in [0.2, 0.25) is 5.02 Å². The molecule has 0 heterocycles. The summed E-state index contributed by atoms with van der Waals surface area (Å²) in [5.74, 6) is 0.344. The van der Waals surface area contributed by atoms with Crippen LogP contribution < -0.4 is 5.32 Å². The van der Waals surface area contributed by atoms with Crippen LogP contribution in [0, 0.1) is 0 Å². The zero-order valence-corrected chi connectivity index (χ0v) is 16.7. The first kappa shape index (κ1) is 20.7. The molecule has 0 aliphatic heterocycles. The van der Waals surface area contributed by atoms with Crippen molar-refractivity contribution in [2.45, 2.75) is 9.79 Å². The molecule has 0 bridgehead atoms. The molecule has 0 spiro atoms. The summed E-state index contributed by atoms with van der Waals surface area (Å²) in [6, 6.07) is 13.3. The Bertz CT molecular complexity index is 857. The van der Waals surface area contributed by atoms with Crippen molar-refractivity contribution in [3.8, 4) is 0 Å². The molecule has 1 N–H and O–H groups in total. The molecule has 0 atom stereocenters. The zero-order chi connectivity index (χ0) is 19.2. The Kier molecular flexibility index (Phi) is 7.48. The maximum absolute atomic E-state index is 12.2. The molecule has 2 aromatic rings. The third-order valence-electron chi connectivity index (χ3n) is 3.46. The van der Waals surface area contributed by atoms with Crippen molar-refractivity contribution in [1.29, 1.82) is 0 Å². The lowest BCUT2D eigenvalue weighted by molar-refractivity contribution is -0.0258. The standard InChI is InChI=1S/C17H19ClN2O4S2/c1-20(24-2)26(22,23)16-5-3-4-13(12-16)17(21)19-10-11-25-15-8-6-14(18)7-9-15/h3-9,12H,10-11H2,1-2H3,(H,19,21). The highest BCUT2D eigenvalue weighted by atomic mass is 35.5. The molecule has 6 nitrogen and oxygen atoms in total. The minimum Gasteiger partial charge on any atom is -0.351 e. The van der Waals surface area contributed by atoms with Gasteiger partial charge in [-0.2, -0.15) is 0 Å². The first-order chi connectivity index (χ1) is 12.3. The fourth-order valence-corrected chi connectivity index (χ4v) is 3.92. The lowest BCUT2D eigenvalue weighted by atomic mass is 10.2. The van der Waals surface area contributed by atoms with E-state index in [-0.39, 0.29) is 16.4 Å². The number of halogens is 1. The summed E-state index contributed by atoms with van der Waals surface area (Å²) in [5.41, 5.74) is 0.270. The van der Waals surface area contributed by atoms with Gasteiger partial charge in [0.2, 0.25) is 0 Å². The molecule has 0 radical (unpaired) electrons. The van der Waals surface area contributed by atoms with Gasteiger partial charge in [-0.15, -0.1) is 11.8 Å². The number of carbonyl (C=O) groups is 1. The van der Waals surface area contributed by atoms with Gasteiger partial charge in [0.15, 0.2) is 0 Å². The summed E-state index contributed by atoms with van der Waals surface area (Å²) >= 11 is 7.42. The second kappa shape index (κ2) is 9.38. The van der Waals surface area contributed by atoms with Crippen molar-refractivity contribution in [2.75, 3.05) is 26.5 Å². The Labute approximate surface area is 162 Å². The molecule has 0 unspecified atom stereocenters. The molecule has 0 saturated carbocycles. The van der Waals surface area contributed by atoms with Crippen molar-refractivity contribution in [2.24, 2.45) is 0 Å². The van der Waals surface area contributed by atoms with E-state index in [1.807, 2.05) is 24.3 Å². The number of amides is 1. The normalized spacial score (nSPS) is 11.5. The molecule has 0 fully saturated rings. The van der Waals surface area contributed by atoms with Crippen molar-refractivity contribution in [1.82, 2.24) is 9.79 Å². The number of hydroxylamine groups is 1. The SMILES string of the molecule is CON(C)S(=O)(=O)c1cccc(C(=O)NCCSc2ccc(Cl)cc2)c1. The summed E-state index contributed by atoms with van der Waals surface area (Å²) < 4.78 is 25.2.